The number of ether oxygens (including phenoxy) is 1. The first kappa shape index (κ1) is 17.1. The van der Waals surface area contributed by atoms with Crippen molar-refractivity contribution in [2.24, 2.45) is 0 Å². The van der Waals surface area contributed by atoms with Gasteiger partial charge in [-0.05, 0) is 18.6 Å². The Bertz CT molecular complexity index is 568. The largest absolute Gasteiger partial charge is 0.396 e. The Morgan fingerprint density at radius 3 is 2.80 bits per heavy atom. The highest BCUT2D eigenvalue weighted by Gasteiger charge is 2.21. The third-order valence-corrected chi connectivity index (χ3v) is 4.13. The number of halogens is 2. The number of hydrogen-bond acceptors (Lipinski definition) is 5. The van der Waals surface area contributed by atoms with Crippen molar-refractivity contribution in [1.29, 1.82) is 0 Å². The van der Waals surface area contributed by atoms with Crippen LogP contribution in [0.3, 0.4) is 0 Å². The normalized spacial score (nSPS) is 13.4. The number of nitrogen functional groups attached to an aromatic ring is 1. The van der Waals surface area contributed by atoms with Crippen LogP contribution in [-0.2, 0) is 14.8 Å². The van der Waals surface area contributed by atoms with Crippen LogP contribution >= 0.6 is 11.6 Å². The zero-order valence-electron chi connectivity index (χ0n) is 10.8. The smallest absolute Gasteiger partial charge is 0.243 e. The number of anilines is 1. The lowest BCUT2D eigenvalue weighted by Gasteiger charge is -2.12. The Morgan fingerprint density at radius 1 is 1.55 bits per heavy atom. The second-order valence-corrected chi connectivity index (χ2v) is 6.27. The molecule has 4 N–H and O–H groups in total. The van der Waals surface area contributed by atoms with Gasteiger partial charge in [0.15, 0.2) is 5.82 Å². The second-order valence-electron chi connectivity index (χ2n) is 4.10. The summed E-state index contributed by atoms with van der Waals surface area (Å²) < 4.78 is 44.4. The fourth-order valence-electron chi connectivity index (χ4n) is 1.49. The molecule has 0 amide bonds. The highest BCUT2D eigenvalue weighted by molar-refractivity contribution is 7.89. The minimum atomic E-state index is -4.09. The van der Waals surface area contributed by atoms with E-state index in [0.29, 0.717) is 0 Å². The molecule has 6 nitrogen and oxygen atoms in total. The molecule has 1 aromatic rings. The van der Waals surface area contributed by atoms with Crippen LogP contribution in [0.2, 0.25) is 5.02 Å². The highest BCUT2D eigenvalue weighted by Crippen LogP contribution is 2.25. The number of nitrogens with one attached hydrogen (secondary N) is 1. The Hall–Kier alpha value is -0.930. The van der Waals surface area contributed by atoms with Gasteiger partial charge in [-0.2, -0.15) is 0 Å². The summed E-state index contributed by atoms with van der Waals surface area (Å²) in [5.41, 5.74) is 4.98. The summed E-state index contributed by atoms with van der Waals surface area (Å²) >= 11 is 5.66. The molecule has 9 heteroatoms. The molecule has 0 aromatic heterocycles. The van der Waals surface area contributed by atoms with Crippen molar-refractivity contribution in [1.82, 2.24) is 4.72 Å². The van der Waals surface area contributed by atoms with Crippen molar-refractivity contribution in [3.05, 3.63) is 23.0 Å². The van der Waals surface area contributed by atoms with Gasteiger partial charge in [0.05, 0.1) is 18.4 Å². The molecular weight excluding hydrogens is 311 g/mol. The zero-order valence-corrected chi connectivity index (χ0v) is 12.3. The molecule has 0 spiro atoms. The molecule has 0 heterocycles. The van der Waals surface area contributed by atoms with E-state index in [1.165, 1.54) is 7.11 Å². The number of benzene rings is 1. The van der Waals surface area contributed by atoms with Crippen LogP contribution in [-0.4, -0.2) is 39.9 Å². The van der Waals surface area contributed by atoms with Crippen LogP contribution in [0.15, 0.2) is 17.0 Å². The van der Waals surface area contributed by atoms with E-state index in [2.05, 4.69) is 4.72 Å². The third-order valence-electron chi connectivity index (χ3n) is 2.45. The van der Waals surface area contributed by atoms with Gasteiger partial charge in [-0.25, -0.2) is 17.5 Å². The van der Waals surface area contributed by atoms with E-state index in [0.717, 1.165) is 12.1 Å². The Morgan fingerprint density at radius 2 is 2.20 bits per heavy atom. The standard InChI is InChI=1S/C11H16ClFN2O4S/c1-19-6-8(16)2-3-15-20(17,18)10-5-7(12)4-9(14)11(10)13/h4-5,8,15-16H,2-3,6,14H2,1H3. The maximum absolute atomic E-state index is 13.7. The van der Waals surface area contributed by atoms with E-state index in [1.54, 1.807) is 0 Å². The number of aliphatic hydroxyl groups is 1. The molecule has 1 aromatic carbocycles. The summed E-state index contributed by atoms with van der Waals surface area (Å²) in [6.45, 7) is 0.0128. The first-order valence-electron chi connectivity index (χ1n) is 5.69. The van der Waals surface area contributed by atoms with Gasteiger partial charge in [0.1, 0.15) is 4.90 Å². The monoisotopic (exact) mass is 326 g/mol. The Labute approximate surface area is 121 Å². The molecule has 0 aliphatic rings. The van der Waals surface area contributed by atoms with Gasteiger partial charge in [-0.15, -0.1) is 0 Å². The molecule has 0 aliphatic carbocycles. The first-order valence-corrected chi connectivity index (χ1v) is 7.55. The number of aliphatic hydroxyl groups excluding tert-OH is 1. The van der Waals surface area contributed by atoms with Crippen LogP contribution in [0, 0.1) is 5.82 Å². The van der Waals surface area contributed by atoms with Gasteiger partial charge in [0.2, 0.25) is 10.0 Å². The average molecular weight is 327 g/mol. The lowest BCUT2D eigenvalue weighted by Crippen LogP contribution is -2.29. The number of methoxy groups -OCH3 is 1. The van der Waals surface area contributed by atoms with E-state index in [4.69, 9.17) is 22.1 Å². The molecular formula is C11H16ClFN2O4S. The van der Waals surface area contributed by atoms with Gasteiger partial charge >= 0.3 is 0 Å². The summed E-state index contributed by atoms with van der Waals surface area (Å²) in [7, 11) is -2.67. The van der Waals surface area contributed by atoms with Crippen LogP contribution in [0.5, 0.6) is 0 Å². The van der Waals surface area contributed by atoms with E-state index in [-0.39, 0.29) is 30.3 Å². The number of hydrogen-bond donors (Lipinski definition) is 3. The van der Waals surface area contributed by atoms with Crippen molar-refractivity contribution in [3.63, 3.8) is 0 Å². The van der Waals surface area contributed by atoms with Crippen LogP contribution in [0.1, 0.15) is 6.42 Å². The quantitative estimate of drug-likeness (QED) is 0.641. The fourth-order valence-corrected chi connectivity index (χ4v) is 2.96. The second kappa shape index (κ2) is 7.19. The number of rotatable bonds is 7. The van der Waals surface area contributed by atoms with Gasteiger partial charge in [0.25, 0.3) is 0 Å². The number of nitrogens with two attached hydrogens (primary N) is 1. The van der Waals surface area contributed by atoms with Crippen LogP contribution < -0.4 is 10.5 Å². The van der Waals surface area contributed by atoms with Crippen LogP contribution in [0.4, 0.5) is 10.1 Å². The number of sulfonamides is 1. The summed E-state index contributed by atoms with van der Waals surface area (Å²) in [6, 6.07) is 2.10. The molecule has 0 saturated heterocycles. The average Bonchev–Trinajstić information content (AvgIpc) is 2.33. The first-order chi connectivity index (χ1) is 9.27. The molecule has 0 fully saturated rings. The topological polar surface area (TPSA) is 102 Å². The molecule has 0 saturated carbocycles. The van der Waals surface area contributed by atoms with Crippen molar-refractivity contribution < 1.29 is 22.7 Å². The molecule has 1 rings (SSSR count). The predicted molar refractivity (Wildman–Crippen MR) is 73.5 cm³/mol. The fraction of sp³-hybridized carbons (Fsp3) is 0.455. The summed E-state index contributed by atoms with van der Waals surface area (Å²) in [5.74, 6) is -1.06. The summed E-state index contributed by atoms with van der Waals surface area (Å²) in [6.07, 6.45) is -0.679. The van der Waals surface area contributed by atoms with Gasteiger partial charge in [0, 0.05) is 18.7 Å². The Balaban J connectivity index is 2.80. The van der Waals surface area contributed by atoms with Gasteiger partial charge in [-0.3, -0.25) is 0 Å². The molecule has 114 valence electrons. The summed E-state index contributed by atoms with van der Waals surface area (Å²) in [4.78, 5) is -0.622. The predicted octanol–water partition coefficient (Wildman–Crippen LogP) is 0.737. The van der Waals surface area contributed by atoms with Crippen molar-refractivity contribution >= 4 is 27.3 Å². The minimum Gasteiger partial charge on any atom is -0.396 e. The van der Waals surface area contributed by atoms with E-state index < -0.39 is 26.8 Å². The third kappa shape index (κ3) is 4.57. The molecule has 0 radical (unpaired) electrons. The SMILES string of the molecule is COCC(O)CCNS(=O)(=O)c1cc(Cl)cc(N)c1F. The molecule has 20 heavy (non-hydrogen) atoms. The van der Waals surface area contributed by atoms with E-state index >= 15 is 0 Å². The zero-order chi connectivity index (χ0) is 15.3. The maximum Gasteiger partial charge on any atom is 0.243 e. The van der Waals surface area contributed by atoms with Crippen molar-refractivity contribution in [3.8, 4) is 0 Å². The van der Waals surface area contributed by atoms with Crippen molar-refractivity contribution in [2.75, 3.05) is 26.0 Å². The molecule has 0 bridgehead atoms. The Kier molecular flexibility index (Phi) is 6.15. The van der Waals surface area contributed by atoms with Gasteiger partial charge < -0.3 is 15.6 Å². The van der Waals surface area contributed by atoms with Crippen LogP contribution in [0.25, 0.3) is 0 Å². The van der Waals surface area contributed by atoms with E-state index in [9.17, 15) is 17.9 Å². The summed E-state index contributed by atoms with van der Waals surface area (Å²) in [5, 5.41) is 9.40. The molecule has 1 unspecified atom stereocenters. The lowest BCUT2D eigenvalue weighted by atomic mass is 10.3. The van der Waals surface area contributed by atoms with Gasteiger partial charge in [-0.1, -0.05) is 11.6 Å². The molecule has 0 aliphatic heterocycles. The van der Waals surface area contributed by atoms with Crippen molar-refractivity contribution in [2.45, 2.75) is 17.4 Å². The molecule has 1 atom stereocenters. The van der Waals surface area contributed by atoms with E-state index in [1.807, 2.05) is 0 Å². The highest BCUT2D eigenvalue weighted by atomic mass is 35.5. The maximum atomic E-state index is 13.7. The lowest BCUT2D eigenvalue weighted by molar-refractivity contribution is 0.0603. The minimum absolute atomic E-state index is 0.0173.